The second-order valence-electron chi connectivity index (χ2n) is 6.40. The molecule has 1 fully saturated rings. The molecule has 1 aromatic carbocycles. The van der Waals surface area contributed by atoms with Gasteiger partial charge in [0, 0.05) is 16.4 Å². The third-order valence-corrected chi connectivity index (χ3v) is 5.05. The summed E-state index contributed by atoms with van der Waals surface area (Å²) in [5.74, 6) is 0. The molecule has 20 heavy (non-hydrogen) atoms. The molecule has 2 rings (SSSR count). The smallest absolute Gasteiger partial charge is 0.0758 e. The van der Waals surface area contributed by atoms with E-state index >= 15 is 0 Å². The predicted molar refractivity (Wildman–Crippen MR) is 88.0 cm³/mol. The summed E-state index contributed by atoms with van der Waals surface area (Å²) in [6, 6.07) is 8.25. The van der Waals surface area contributed by atoms with Crippen LogP contribution >= 0.6 is 15.9 Å². The Morgan fingerprint density at radius 1 is 1.20 bits per heavy atom. The number of aliphatic hydroxyl groups is 1. The zero-order valence-electron chi connectivity index (χ0n) is 12.6. The SMILES string of the molecule is CC(C)(C(O)Cc1cccc(Br)c1)N1CCCCCC1. The summed E-state index contributed by atoms with van der Waals surface area (Å²) in [5, 5.41) is 10.7. The van der Waals surface area contributed by atoms with Crippen molar-refractivity contribution in [3.05, 3.63) is 34.3 Å². The number of halogens is 1. The molecule has 0 aliphatic carbocycles. The molecule has 1 aromatic rings. The van der Waals surface area contributed by atoms with Crippen molar-refractivity contribution in [1.82, 2.24) is 4.90 Å². The molecule has 0 spiro atoms. The lowest BCUT2D eigenvalue weighted by Crippen LogP contribution is -2.53. The first-order valence-corrected chi connectivity index (χ1v) is 8.47. The van der Waals surface area contributed by atoms with Crippen LogP contribution < -0.4 is 0 Å². The van der Waals surface area contributed by atoms with Gasteiger partial charge in [-0.25, -0.2) is 0 Å². The molecular formula is C17H26BrNO. The van der Waals surface area contributed by atoms with Crippen LogP contribution in [0.4, 0.5) is 0 Å². The van der Waals surface area contributed by atoms with Gasteiger partial charge in [-0.15, -0.1) is 0 Å². The van der Waals surface area contributed by atoms with Gasteiger partial charge in [0.15, 0.2) is 0 Å². The molecule has 3 heteroatoms. The van der Waals surface area contributed by atoms with E-state index in [9.17, 15) is 5.11 Å². The van der Waals surface area contributed by atoms with E-state index in [1.54, 1.807) is 0 Å². The Bertz CT molecular complexity index is 425. The van der Waals surface area contributed by atoms with E-state index in [2.05, 4.69) is 46.8 Å². The Morgan fingerprint density at radius 2 is 1.85 bits per heavy atom. The standard InChI is InChI=1S/C17H26BrNO/c1-17(2,19-10-5-3-4-6-11-19)16(20)13-14-8-7-9-15(18)12-14/h7-9,12,16,20H,3-6,10-11,13H2,1-2H3. The third-order valence-electron chi connectivity index (χ3n) is 4.55. The van der Waals surface area contributed by atoms with E-state index in [0.717, 1.165) is 17.6 Å². The van der Waals surface area contributed by atoms with Crippen molar-refractivity contribution in [2.45, 2.75) is 57.6 Å². The van der Waals surface area contributed by atoms with Gasteiger partial charge in [-0.1, -0.05) is 40.9 Å². The molecule has 1 atom stereocenters. The topological polar surface area (TPSA) is 23.5 Å². The van der Waals surface area contributed by atoms with E-state index in [4.69, 9.17) is 0 Å². The summed E-state index contributed by atoms with van der Waals surface area (Å²) in [6.45, 7) is 6.59. The monoisotopic (exact) mass is 339 g/mol. The molecule has 1 heterocycles. The number of hydrogen-bond donors (Lipinski definition) is 1. The van der Waals surface area contributed by atoms with E-state index < -0.39 is 0 Å². The van der Waals surface area contributed by atoms with Gasteiger partial charge in [-0.2, -0.15) is 0 Å². The van der Waals surface area contributed by atoms with Crippen LogP contribution in [-0.2, 0) is 6.42 Å². The van der Waals surface area contributed by atoms with Crippen molar-refractivity contribution in [3.8, 4) is 0 Å². The quantitative estimate of drug-likeness (QED) is 0.895. The molecule has 2 nitrogen and oxygen atoms in total. The van der Waals surface area contributed by atoms with Gasteiger partial charge < -0.3 is 5.11 Å². The fourth-order valence-corrected chi connectivity index (χ4v) is 3.44. The zero-order chi connectivity index (χ0) is 14.6. The molecule has 1 unspecified atom stereocenters. The van der Waals surface area contributed by atoms with Gasteiger partial charge in [0.25, 0.3) is 0 Å². The average Bonchev–Trinajstić information content (AvgIpc) is 2.67. The van der Waals surface area contributed by atoms with E-state index in [1.165, 1.54) is 31.2 Å². The van der Waals surface area contributed by atoms with Gasteiger partial charge >= 0.3 is 0 Å². The van der Waals surface area contributed by atoms with E-state index in [0.29, 0.717) is 6.42 Å². The van der Waals surface area contributed by atoms with Gasteiger partial charge in [0.1, 0.15) is 0 Å². The Balaban J connectivity index is 2.03. The van der Waals surface area contributed by atoms with Crippen LogP contribution in [0.15, 0.2) is 28.7 Å². The van der Waals surface area contributed by atoms with Gasteiger partial charge in [-0.3, -0.25) is 4.90 Å². The summed E-state index contributed by atoms with van der Waals surface area (Å²) in [6.07, 6.45) is 5.54. The van der Waals surface area contributed by atoms with Crippen LogP contribution in [0.3, 0.4) is 0 Å². The lowest BCUT2D eigenvalue weighted by Gasteiger charge is -2.41. The molecule has 1 N–H and O–H groups in total. The fraction of sp³-hybridized carbons (Fsp3) is 0.647. The molecule has 0 saturated carbocycles. The summed E-state index contributed by atoms with van der Waals surface area (Å²) in [5.41, 5.74) is 1.03. The largest absolute Gasteiger partial charge is 0.391 e. The summed E-state index contributed by atoms with van der Waals surface area (Å²) in [4.78, 5) is 2.47. The van der Waals surface area contributed by atoms with Crippen molar-refractivity contribution in [1.29, 1.82) is 0 Å². The van der Waals surface area contributed by atoms with Crippen molar-refractivity contribution < 1.29 is 5.11 Å². The molecule has 0 amide bonds. The molecular weight excluding hydrogens is 314 g/mol. The maximum atomic E-state index is 10.7. The van der Waals surface area contributed by atoms with Crippen LogP contribution in [0.2, 0.25) is 0 Å². The number of nitrogens with zero attached hydrogens (tertiary/aromatic N) is 1. The number of rotatable bonds is 4. The first-order chi connectivity index (χ1) is 9.50. The highest BCUT2D eigenvalue weighted by Gasteiger charge is 2.34. The highest BCUT2D eigenvalue weighted by molar-refractivity contribution is 9.10. The lowest BCUT2D eigenvalue weighted by molar-refractivity contribution is -0.00786. The van der Waals surface area contributed by atoms with Crippen LogP contribution in [0.5, 0.6) is 0 Å². The van der Waals surface area contributed by atoms with Gasteiger partial charge in [-0.05, 0) is 57.5 Å². The maximum absolute atomic E-state index is 10.7. The van der Waals surface area contributed by atoms with Crippen LogP contribution in [0.1, 0.15) is 45.1 Å². The highest BCUT2D eigenvalue weighted by atomic mass is 79.9. The summed E-state index contributed by atoms with van der Waals surface area (Å²) < 4.78 is 1.08. The normalized spacial score (nSPS) is 19.6. The zero-order valence-corrected chi connectivity index (χ0v) is 14.2. The van der Waals surface area contributed by atoms with Gasteiger partial charge in [0.2, 0.25) is 0 Å². The van der Waals surface area contributed by atoms with Crippen molar-refractivity contribution in [2.24, 2.45) is 0 Å². The van der Waals surface area contributed by atoms with Crippen molar-refractivity contribution >= 4 is 15.9 Å². The Morgan fingerprint density at radius 3 is 2.45 bits per heavy atom. The van der Waals surface area contributed by atoms with Crippen molar-refractivity contribution in [3.63, 3.8) is 0 Å². The molecule has 0 aromatic heterocycles. The minimum Gasteiger partial charge on any atom is -0.391 e. The van der Waals surface area contributed by atoms with E-state index in [-0.39, 0.29) is 11.6 Å². The van der Waals surface area contributed by atoms with Gasteiger partial charge in [0.05, 0.1) is 6.10 Å². The number of hydrogen-bond acceptors (Lipinski definition) is 2. The second-order valence-corrected chi connectivity index (χ2v) is 7.32. The molecule has 0 radical (unpaired) electrons. The first-order valence-electron chi connectivity index (χ1n) is 7.68. The molecule has 112 valence electrons. The second kappa shape index (κ2) is 7.06. The van der Waals surface area contributed by atoms with Crippen LogP contribution in [0.25, 0.3) is 0 Å². The third kappa shape index (κ3) is 4.06. The molecule has 1 aliphatic rings. The lowest BCUT2D eigenvalue weighted by atomic mass is 9.89. The van der Waals surface area contributed by atoms with E-state index in [1.807, 2.05) is 12.1 Å². The Hall–Kier alpha value is -0.380. The van der Waals surface area contributed by atoms with Crippen molar-refractivity contribution in [2.75, 3.05) is 13.1 Å². The summed E-state index contributed by atoms with van der Waals surface area (Å²) >= 11 is 3.50. The Labute approximate surface area is 131 Å². The Kier molecular flexibility index (Phi) is 5.65. The summed E-state index contributed by atoms with van der Waals surface area (Å²) in [7, 11) is 0. The average molecular weight is 340 g/mol. The molecule has 1 saturated heterocycles. The number of likely N-dealkylation sites (tertiary alicyclic amines) is 1. The minimum absolute atomic E-state index is 0.160. The number of benzene rings is 1. The fourth-order valence-electron chi connectivity index (χ4n) is 2.99. The molecule has 0 bridgehead atoms. The minimum atomic E-state index is -0.338. The maximum Gasteiger partial charge on any atom is 0.0758 e. The van der Waals surface area contributed by atoms with Crippen LogP contribution in [-0.4, -0.2) is 34.7 Å². The first kappa shape index (κ1) is 16.0. The number of aliphatic hydroxyl groups excluding tert-OH is 1. The van der Waals surface area contributed by atoms with Crippen LogP contribution in [0, 0.1) is 0 Å². The highest BCUT2D eigenvalue weighted by Crippen LogP contribution is 2.26. The molecule has 1 aliphatic heterocycles. The predicted octanol–water partition coefficient (Wildman–Crippen LogP) is 4.01.